The van der Waals surface area contributed by atoms with E-state index in [0.29, 0.717) is 11.3 Å². The van der Waals surface area contributed by atoms with Crippen LogP contribution in [0.1, 0.15) is 43.4 Å². The molecule has 12 heteroatoms. The maximum Gasteiger partial charge on any atom is 0.348 e. The number of ether oxygens (including phenoxy) is 2. The zero-order valence-corrected chi connectivity index (χ0v) is 17.3. The summed E-state index contributed by atoms with van der Waals surface area (Å²) in [5, 5.41) is 17.9. The lowest BCUT2D eigenvalue weighted by Gasteiger charge is -2.07. The molecule has 0 unspecified atom stereocenters. The molecule has 0 radical (unpaired) electrons. The number of nitrogens with one attached hydrogen (secondary N) is 1. The van der Waals surface area contributed by atoms with Crippen molar-refractivity contribution in [3.05, 3.63) is 37.5 Å². The zero-order chi connectivity index (χ0) is 21.9. The summed E-state index contributed by atoms with van der Waals surface area (Å²) in [6.45, 7) is 4.73. The number of carbonyl (C=O) groups is 3. The molecule has 0 spiro atoms. The minimum absolute atomic E-state index is 0.0514. The molecule has 0 aliphatic carbocycles. The molecule has 156 valence electrons. The molecule has 2 heterocycles. The topological polar surface area (TPSA) is 143 Å². The van der Waals surface area contributed by atoms with Gasteiger partial charge in [-0.1, -0.05) is 0 Å². The number of nitro groups is 1. The maximum absolute atomic E-state index is 12.4. The molecule has 0 fully saturated rings. The van der Waals surface area contributed by atoms with Crippen molar-refractivity contribution in [2.45, 2.75) is 33.7 Å². The van der Waals surface area contributed by atoms with Gasteiger partial charge in [0.25, 0.3) is 0 Å². The first-order valence-corrected chi connectivity index (χ1v) is 9.22. The Morgan fingerprint density at radius 3 is 2.31 bits per heavy atom. The molecule has 0 saturated carbocycles. The largest absolute Gasteiger partial charge is 0.465 e. The number of methoxy groups -OCH3 is 2. The summed E-state index contributed by atoms with van der Waals surface area (Å²) in [5.74, 6) is -1.78. The average molecular weight is 424 g/mol. The van der Waals surface area contributed by atoms with Crippen LogP contribution in [0, 0.1) is 30.9 Å². The lowest BCUT2D eigenvalue weighted by molar-refractivity contribution is -0.386. The monoisotopic (exact) mass is 424 g/mol. The Morgan fingerprint density at radius 1 is 1.17 bits per heavy atom. The average Bonchev–Trinajstić information content (AvgIpc) is 3.14. The Hall–Kier alpha value is -3.28. The van der Waals surface area contributed by atoms with Gasteiger partial charge < -0.3 is 14.8 Å². The van der Waals surface area contributed by atoms with Gasteiger partial charge in [0.2, 0.25) is 5.91 Å². The highest BCUT2D eigenvalue weighted by Crippen LogP contribution is 2.34. The minimum atomic E-state index is -0.696. The normalized spacial score (nSPS) is 10.5. The van der Waals surface area contributed by atoms with Crippen molar-refractivity contribution < 1.29 is 28.8 Å². The van der Waals surface area contributed by atoms with E-state index in [1.807, 2.05) is 0 Å². The van der Waals surface area contributed by atoms with Gasteiger partial charge in [0.1, 0.15) is 21.3 Å². The molecule has 0 aliphatic heterocycles. The summed E-state index contributed by atoms with van der Waals surface area (Å²) in [6.07, 6.45) is -0.0514. The second kappa shape index (κ2) is 8.82. The molecule has 2 aromatic rings. The molecule has 29 heavy (non-hydrogen) atoms. The van der Waals surface area contributed by atoms with E-state index >= 15 is 0 Å². The van der Waals surface area contributed by atoms with E-state index in [9.17, 15) is 24.5 Å². The van der Waals surface area contributed by atoms with E-state index in [-0.39, 0.29) is 39.8 Å². The Balaban J connectivity index is 2.21. The third kappa shape index (κ3) is 4.42. The summed E-state index contributed by atoms with van der Waals surface area (Å²) in [5.41, 5.74) is 0.939. The number of hydrogen-bond donors (Lipinski definition) is 1. The minimum Gasteiger partial charge on any atom is -0.465 e. The van der Waals surface area contributed by atoms with Crippen LogP contribution in [0.4, 0.5) is 10.7 Å². The van der Waals surface area contributed by atoms with Crippen molar-refractivity contribution >= 4 is 39.9 Å². The Morgan fingerprint density at radius 2 is 1.79 bits per heavy atom. The third-order valence-corrected chi connectivity index (χ3v) is 5.42. The first kappa shape index (κ1) is 22.0. The molecule has 0 aromatic carbocycles. The molecule has 0 aliphatic rings. The van der Waals surface area contributed by atoms with Crippen molar-refractivity contribution in [2.24, 2.45) is 0 Å². The van der Waals surface area contributed by atoms with E-state index in [0.717, 1.165) is 11.3 Å². The van der Waals surface area contributed by atoms with Gasteiger partial charge in [0.05, 0.1) is 31.3 Å². The second-order valence-electron chi connectivity index (χ2n) is 6.04. The highest BCUT2D eigenvalue weighted by Gasteiger charge is 2.27. The van der Waals surface area contributed by atoms with Gasteiger partial charge in [-0.2, -0.15) is 5.10 Å². The third-order valence-electron chi connectivity index (χ3n) is 4.24. The summed E-state index contributed by atoms with van der Waals surface area (Å²) in [7, 11) is 2.41. The number of amides is 1. The SMILES string of the molecule is COC(=O)c1sc(NC(=O)CCn2nc(C)c([N+](=O)[O-])c2C)c(C(=O)OC)c1C. The van der Waals surface area contributed by atoms with Crippen molar-refractivity contribution in [2.75, 3.05) is 19.5 Å². The van der Waals surface area contributed by atoms with Gasteiger partial charge in [0.15, 0.2) is 0 Å². The number of anilines is 1. The van der Waals surface area contributed by atoms with Gasteiger partial charge in [0, 0.05) is 6.42 Å². The number of aromatic nitrogens is 2. The fourth-order valence-corrected chi connectivity index (χ4v) is 3.93. The number of hydrogen-bond acceptors (Lipinski definition) is 9. The second-order valence-corrected chi connectivity index (χ2v) is 7.06. The predicted octanol–water partition coefficient (Wildman–Crippen LogP) is 2.38. The number of carbonyl (C=O) groups excluding carboxylic acids is 3. The van der Waals surface area contributed by atoms with Crippen LogP contribution < -0.4 is 5.32 Å². The van der Waals surface area contributed by atoms with Gasteiger partial charge in [-0.25, -0.2) is 9.59 Å². The Labute approximate surface area is 169 Å². The summed E-state index contributed by atoms with van der Waals surface area (Å²) >= 11 is 0.907. The van der Waals surface area contributed by atoms with Crippen LogP contribution in [-0.2, 0) is 20.8 Å². The highest BCUT2D eigenvalue weighted by molar-refractivity contribution is 7.18. The maximum atomic E-state index is 12.4. The molecule has 0 atom stereocenters. The van der Waals surface area contributed by atoms with E-state index in [4.69, 9.17) is 9.47 Å². The zero-order valence-electron chi connectivity index (χ0n) is 16.5. The van der Waals surface area contributed by atoms with Crippen LogP contribution in [0.15, 0.2) is 0 Å². The standard InChI is InChI=1S/C17H20N4O7S/c1-8-12(16(23)27-4)15(29-14(8)17(24)28-5)18-11(22)6-7-20-10(3)13(21(25)26)9(2)19-20/h6-7H2,1-5H3,(H,18,22). The number of esters is 2. The molecule has 1 amide bonds. The summed E-state index contributed by atoms with van der Waals surface area (Å²) < 4.78 is 10.8. The molecule has 2 aromatic heterocycles. The van der Waals surface area contributed by atoms with Crippen LogP contribution in [0.5, 0.6) is 0 Å². The van der Waals surface area contributed by atoms with E-state index in [2.05, 4.69) is 10.4 Å². The van der Waals surface area contributed by atoms with Crippen LogP contribution in [0.2, 0.25) is 0 Å². The van der Waals surface area contributed by atoms with Gasteiger partial charge in [-0.05, 0) is 26.3 Å². The van der Waals surface area contributed by atoms with Gasteiger partial charge in [-0.3, -0.25) is 19.6 Å². The molecule has 0 bridgehead atoms. The number of rotatable bonds is 7. The molecule has 1 N–H and O–H groups in total. The van der Waals surface area contributed by atoms with Gasteiger partial charge >= 0.3 is 17.6 Å². The number of nitrogens with zero attached hydrogens (tertiary/aromatic N) is 3. The molecule has 2 rings (SSSR count). The first-order chi connectivity index (χ1) is 13.6. The molecule has 11 nitrogen and oxygen atoms in total. The van der Waals surface area contributed by atoms with E-state index in [1.54, 1.807) is 13.8 Å². The van der Waals surface area contributed by atoms with Crippen molar-refractivity contribution in [3.8, 4) is 0 Å². The van der Waals surface area contributed by atoms with Crippen molar-refractivity contribution in [3.63, 3.8) is 0 Å². The first-order valence-electron chi connectivity index (χ1n) is 8.40. The summed E-state index contributed by atoms with van der Waals surface area (Å²) in [6, 6.07) is 0. The van der Waals surface area contributed by atoms with Crippen LogP contribution in [0.25, 0.3) is 0 Å². The molecular formula is C17H20N4O7S. The Bertz CT molecular complexity index is 993. The smallest absolute Gasteiger partial charge is 0.348 e. The van der Waals surface area contributed by atoms with E-state index < -0.39 is 22.8 Å². The lowest BCUT2D eigenvalue weighted by Crippen LogP contribution is -2.17. The van der Waals surface area contributed by atoms with Crippen molar-refractivity contribution in [1.82, 2.24) is 9.78 Å². The molecular weight excluding hydrogens is 404 g/mol. The number of thiophene rings is 1. The van der Waals surface area contributed by atoms with E-state index in [1.165, 1.54) is 25.8 Å². The highest BCUT2D eigenvalue weighted by atomic mass is 32.1. The fourth-order valence-electron chi connectivity index (χ4n) is 2.80. The molecule has 0 saturated heterocycles. The predicted molar refractivity (Wildman–Crippen MR) is 103 cm³/mol. The van der Waals surface area contributed by atoms with Crippen molar-refractivity contribution in [1.29, 1.82) is 0 Å². The van der Waals surface area contributed by atoms with Gasteiger partial charge in [-0.15, -0.1) is 11.3 Å². The van der Waals surface area contributed by atoms with Crippen LogP contribution in [0.3, 0.4) is 0 Å². The quantitative estimate of drug-likeness (QED) is 0.405. The Kier molecular flexibility index (Phi) is 6.69. The van der Waals surface area contributed by atoms with Crippen LogP contribution >= 0.6 is 11.3 Å². The lowest BCUT2D eigenvalue weighted by atomic mass is 10.1. The van der Waals surface area contributed by atoms with Crippen LogP contribution in [-0.4, -0.2) is 46.8 Å². The number of aryl methyl sites for hydroxylation is 2. The summed E-state index contributed by atoms with van der Waals surface area (Å²) in [4.78, 5) is 47.1. The fraction of sp³-hybridized carbons (Fsp3) is 0.412.